The molecule has 2 saturated heterocycles. The summed E-state index contributed by atoms with van der Waals surface area (Å²) >= 11 is 3.01. The molecule has 2 bridgehead atoms. The van der Waals surface area contributed by atoms with Gasteiger partial charge >= 0.3 is 0 Å². The van der Waals surface area contributed by atoms with Crippen molar-refractivity contribution in [2.45, 2.75) is 43.8 Å². The molecular weight excluding hydrogens is 420 g/mol. The van der Waals surface area contributed by atoms with E-state index in [0.29, 0.717) is 29.0 Å². The summed E-state index contributed by atoms with van der Waals surface area (Å²) in [7, 11) is 2.14. The highest BCUT2D eigenvalue weighted by Crippen LogP contribution is 2.36. The molecule has 6 rings (SSSR count). The van der Waals surface area contributed by atoms with Crippen LogP contribution in [-0.2, 0) is 0 Å². The van der Waals surface area contributed by atoms with E-state index in [0.717, 1.165) is 20.4 Å². The molecule has 0 unspecified atom stereocenters. The van der Waals surface area contributed by atoms with Gasteiger partial charge in [-0.1, -0.05) is 22.7 Å². The van der Waals surface area contributed by atoms with Gasteiger partial charge < -0.3 is 10.2 Å². The minimum absolute atomic E-state index is 0.176. The predicted octanol–water partition coefficient (Wildman–Crippen LogP) is 2.41. The summed E-state index contributed by atoms with van der Waals surface area (Å²) in [6, 6.07) is 3.31. The number of aromatic amines is 1. The van der Waals surface area contributed by atoms with Crippen LogP contribution in [0.2, 0.25) is 0 Å². The number of hydrogen-bond acceptors (Lipinski definition) is 9. The van der Waals surface area contributed by atoms with Crippen LogP contribution in [-0.4, -0.2) is 54.9 Å². The monoisotopic (exact) mass is 440 g/mol. The summed E-state index contributed by atoms with van der Waals surface area (Å²) in [5, 5.41) is 11.9. The first kappa shape index (κ1) is 18.2. The molecule has 0 radical (unpaired) electrons. The zero-order chi connectivity index (χ0) is 20.2. The van der Waals surface area contributed by atoms with E-state index in [2.05, 4.69) is 37.4 Å². The first-order valence-corrected chi connectivity index (χ1v) is 11.6. The van der Waals surface area contributed by atoms with E-state index in [1.807, 2.05) is 0 Å². The SMILES string of the molecule is CN(c1nc2sc(-n3cnc(-c4cn[nH]c4)cc3=O)nc2s1)[C@@H]1C[C@H]2CC[C@@H](C1)N2. The Morgan fingerprint density at radius 2 is 1.97 bits per heavy atom. The second-order valence-corrected chi connectivity index (χ2v) is 9.86. The van der Waals surface area contributed by atoms with Crippen molar-refractivity contribution < 1.29 is 0 Å². The number of piperidine rings is 1. The van der Waals surface area contributed by atoms with Gasteiger partial charge in [0.15, 0.2) is 14.8 Å². The third-order valence-electron chi connectivity index (χ3n) is 6.06. The van der Waals surface area contributed by atoms with Crippen LogP contribution in [0, 0.1) is 0 Å². The van der Waals surface area contributed by atoms with E-state index in [9.17, 15) is 4.79 Å². The third kappa shape index (κ3) is 3.04. The second kappa shape index (κ2) is 6.96. The number of nitrogens with one attached hydrogen (secondary N) is 2. The van der Waals surface area contributed by atoms with Gasteiger partial charge in [-0.2, -0.15) is 5.10 Å². The van der Waals surface area contributed by atoms with Crippen molar-refractivity contribution in [3.05, 3.63) is 35.1 Å². The molecule has 4 aromatic heterocycles. The highest BCUT2D eigenvalue weighted by molar-refractivity contribution is 7.29. The van der Waals surface area contributed by atoms with Crippen molar-refractivity contribution >= 4 is 37.5 Å². The molecule has 3 atom stereocenters. The zero-order valence-electron chi connectivity index (χ0n) is 16.3. The molecule has 0 aromatic carbocycles. The largest absolute Gasteiger partial charge is 0.348 e. The molecule has 4 aromatic rings. The Bertz CT molecular complexity index is 1220. The second-order valence-electron chi connectivity index (χ2n) is 7.95. The zero-order valence-corrected chi connectivity index (χ0v) is 17.9. The van der Waals surface area contributed by atoms with Crippen LogP contribution in [0.5, 0.6) is 0 Å². The number of rotatable bonds is 4. The van der Waals surface area contributed by atoms with Crippen LogP contribution in [0.3, 0.4) is 0 Å². The van der Waals surface area contributed by atoms with Gasteiger partial charge in [-0.3, -0.25) is 9.89 Å². The third-order valence-corrected chi connectivity index (χ3v) is 8.18. The maximum atomic E-state index is 12.6. The summed E-state index contributed by atoms with van der Waals surface area (Å²) in [5.41, 5.74) is 1.19. The van der Waals surface area contributed by atoms with E-state index in [-0.39, 0.29) is 5.56 Å². The summed E-state index contributed by atoms with van der Waals surface area (Å²) in [6.07, 6.45) is 9.78. The van der Waals surface area contributed by atoms with Crippen LogP contribution < -0.4 is 15.8 Å². The van der Waals surface area contributed by atoms with E-state index in [1.165, 1.54) is 54.0 Å². The molecule has 2 aliphatic rings. The lowest BCUT2D eigenvalue weighted by molar-refractivity contribution is 0.354. The van der Waals surface area contributed by atoms with Gasteiger partial charge in [-0.05, 0) is 25.7 Å². The Morgan fingerprint density at radius 3 is 2.67 bits per heavy atom. The molecule has 2 aliphatic heterocycles. The van der Waals surface area contributed by atoms with Crippen molar-refractivity contribution in [1.82, 2.24) is 35.0 Å². The van der Waals surface area contributed by atoms with Gasteiger partial charge in [-0.15, -0.1) is 0 Å². The summed E-state index contributed by atoms with van der Waals surface area (Å²) in [5.74, 6) is 0. The first-order chi connectivity index (χ1) is 14.6. The van der Waals surface area contributed by atoms with Gasteiger partial charge in [0.25, 0.3) is 5.56 Å². The molecule has 0 saturated carbocycles. The van der Waals surface area contributed by atoms with E-state index in [4.69, 9.17) is 4.98 Å². The van der Waals surface area contributed by atoms with Gasteiger partial charge in [0.05, 0.1) is 11.9 Å². The van der Waals surface area contributed by atoms with Crippen LogP contribution in [0.4, 0.5) is 5.13 Å². The number of aromatic nitrogens is 6. The Labute approximate surface area is 179 Å². The van der Waals surface area contributed by atoms with Gasteiger partial charge in [0, 0.05) is 43.0 Å². The normalized spacial score (nSPS) is 23.3. The predicted molar refractivity (Wildman–Crippen MR) is 118 cm³/mol. The fraction of sp³-hybridized carbons (Fsp3) is 0.421. The maximum Gasteiger partial charge on any atom is 0.260 e. The minimum atomic E-state index is -0.176. The molecule has 9 nitrogen and oxygen atoms in total. The number of fused-ring (bicyclic) bond motifs is 3. The van der Waals surface area contributed by atoms with E-state index >= 15 is 0 Å². The summed E-state index contributed by atoms with van der Waals surface area (Å²) in [4.78, 5) is 30.5. The van der Waals surface area contributed by atoms with Gasteiger partial charge in [0.1, 0.15) is 6.33 Å². The Balaban J connectivity index is 1.27. The van der Waals surface area contributed by atoms with Gasteiger partial charge in [-0.25, -0.2) is 19.5 Å². The van der Waals surface area contributed by atoms with Crippen molar-refractivity contribution in [2.75, 3.05) is 11.9 Å². The van der Waals surface area contributed by atoms with Crippen molar-refractivity contribution in [3.63, 3.8) is 0 Å². The number of thiazole rings is 2. The van der Waals surface area contributed by atoms with Crippen LogP contribution in [0.25, 0.3) is 26.0 Å². The Hall–Kier alpha value is -2.63. The Kier molecular flexibility index (Phi) is 4.22. The number of nitrogens with zero attached hydrogens (tertiary/aromatic N) is 6. The molecule has 2 fully saturated rings. The van der Waals surface area contributed by atoms with Crippen molar-refractivity contribution in [3.8, 4) is 16.4 Å². The van der Waals surface area contributed by atoms with Crippen LogP contribution >= 0.6 is 22.7 Å². The average Bonchev–Trinajstić information content (AvgIpc) is 3.51. The van der Waals surface area contributed by atoms with Crippen LogP contribution in [0.15, 0.2) is 29.6 Å². The molecule has 0 aliphatic carbocycles. The first-order valence-electron chi connectivity index (χ1n) is 9.98. The standard InChI is InChI=1S/C19H20N8OS2/c1-26(13-4-11-2-3-12(5-13)23-11)18-24-16-17(29-18)25-19(30-16)27-9-20-14(6-15(27)28)10-7-21-22-8-10/h6-9,11-13,23H,2-5H2,1H3,(H,21,22)/t11-,12+,13-. The average molecular weight is 441 g/mol. The van der Waals surface area contributed by atoms with Crippen LogP contribution in [0.1, 0.15) is 25.7 Å². The molecule has 30 heavy (non-hydrogen) atoms. The summed E-state index contributed by atoms with van der Waals surface area (Å²) in [6.45, 7) is 0. The highest BCUT2D eigenvalue weighted by Gasteiger charge is 2.36. The number of hydrogen-bond donors (Lipinski definition) is 2. The highest BCUT2D eigenvalue weighted by atomic mass is 32.1. The molecule has 11 heteroatoms. The smallest absolute Gasteiger partial charge is 0.260 e. The fourth-order valence-electron chi connectivity index (χ4n) is 4.47. The van der Waals surface area contributed by atoms with E-state index in [1.54, 1.807) is 23.7 Å². The van der Waals surface area contributed by atoms with Gasteiger partial charge in [0.2, 0.25) is 5.13 Å². The minimum Gasteiger partial charge on any atom is -0.348 e. The summed E-state index contributed by atoms with van der Waals surface area (Å²) < 4.78 is 1.47. The quantitative estimate of drug-likeness (QED) is 0.502. The number of anilines is 1. The lowest BCUT2D eigenvalue weighted by Crippen LogP contribution is -2.47. The lowest BCUT2D eigenvalue weighted by atomic mass is 9.99. The molecule has 2 N–H and O–H groups in total. The molecule has 6 heterocycles. The molecular formula is C19H20N8OS2. The maximum absolute atomic E-state index is 12.6. The molecule has 0 spiro atoms. The molecule has 0 amide bonds. The van der Waals surface area contributed by atoms with Crippen molar-refractivity contribution in [2.24, 2.45) is 0 Å². The Morgan fingerprint density at radius 1 is 1.17 bits per heavy atom. The van der Waals surface area contributed by atoms with Crippen molar-refractivity contribution in [1.29, 1.82) is 0 Å². The fourth-order valence-corrected chi connectivity index (χ4v) is 6.51. The lowest BCUT2D eigenvalue weighted by Gasteiger charge is -2.35. The topological polar surface area (TPSA) is 105 Å². The van der Waals surface area contributed by atoms with E-state index < -0.39 is 0 Å². The molecule has 154 valence electrons. The number of H-pyrrole nitrogens is 1.